The molecule has 1 N–H and O–H groups in total. The Labute approximate surface area is 128 Å². The minimum absolute atomic E-state index is 0.359. The van der Waals surface area contributed by atoms with E-state index < -0.39 is 6.09 Å². The molecule has 0 radical (unpaired) electrons. The lowest BCUT2D eigenvalue weighted by Gasteiger charge is -2.26. The minimum atomic E-state index is -0.403. The fourth-order valence-electron chi connectivity index (χ4n) is 2.39. The zero-order valence-corrected chi connectivity index (χ0v) is 14.3. The molecule has 0 heterocycles. The molecule has 1 aromatic rings. The number of hydrogen-bond donors (Lipinski definition) is 1. The fourth-order valence-corrected chi connectivity index (χ4v) is 2.39. The summed E-state index contributed by atoms with van der Waals surface area (Å²) in [6.07, 6.45) is -0.403. The van der Waals surface area contributed by atoms with Crippen molar-refractivity contribution < 1.29 is 9.53 Å². The number of anilines is 1. The van der Waals surface area contributed by atoms with Crippen LogP contribution in [-0.2, 0) is 0 Å². The minimum Gasteiger partial charge on any atom is -0.410 e. The van der Waals surface area contributed by atoms with Crippen molar-refractivity contribution >= 4 is 11.8 Å². The number of ether oxygens (including phenoxy) is 1. The lowest BCUT2D eigenvalue weighted by atomic mass is 9.91. The molecule has 0 saturated heterocycles. The average Bonchev–Trinajstić information content (AvgIpc) is 2.37. The van der Waals surface area contributed by atoms with Crippen molar-refractivity contribution in [2.45, 2.75) is 46.5 Å². The number of carbonyl (C=O) groups excluding carboxylic acids is 1. The van der Waals surface area contributed by atoms with Gasteiger partial charge in [-0.3, -0.25) is 0 Å². The molecule has 1 aromatic carbocycles. The van der Waals surface area contributed by atoms with Gasteiger partial charge in [0.05, 0.1) is 0 Å². The van der Waals surface area contributed by atoms with Gasteiger partial charge >= 0.3 is 6.09 Å². The van der Waals surface area contributed by atoms with Crippen LogP contribution in [0.4, 0.5) is 10.5 Å². The van der Waals surface area contributed by atoms with Gasteiger partial charge in [0.1, 0.15) is 5.75 Å². The van der Waals surface area contributed by atoms with Crippen molar-refractivity contribution in [3.63, 3.8) is 0 Å². The van der Waals surface area contributed by atoms with Gasteiger partial charge in [-0.1, -0.05) is 27.7 Å². The van der Waals surface area contributed by atoms with Crippen LogP contribution >= 0.6 is 0 Å². The zero-order chi connectivity index (χ0) is 16.2. The molecule has 1 amide bonds. The first-order valence-electron chi connectivity index (χ1n) is 7.58. The van der Waals surface area contributed by atoms with Crippen LogP contribution in [0.1, 0.15) is 57.6 Å². The molecule has 0 aliphatic rings. The van der Waals surface area contributed by atoms with Crippen LogP contribution in [0, 0.1) is 0 Å². The number of rotatable bonds is 5. The quantitative estimate of drug-likeness (QED) is 0.888. The van der Waals surface area contributed by atoms with Crippen molar-refractivity contribution in [3.05, 3.63) is 23.3 Å². The number of amides is 1. The Morgan fingerprint density at radius 1 is 1.14 bits per heavy atom. The van der Waals surface area contributed by atoms with Crippen LogP contribution in [0.15, 0.2) is 12.1 Å². The third-order valence-electron chi connectivity index (χ3n) is 3.37. The highest BCUT2D eigenvalue weighted by molar-refractivity contribution is 5.72. The van der Waals surface area contributed by atoms with Crippen LogP contribution in [0.5, 0.6) is 5.75 Å². The fraction of sp³-hybridized carbons (Fsp3) is 0.588. The molecule has 0 unspecified atom stereocenters. The Balaban J connectivity index is 3.33. The monoisotopic (exact) mass is 292 g/mol. The molecule has 0 atom stereocenters. The van der Waals surface area contributed by atoms with E-state index in [1.54, 1.807) is 0 Å². The van der Waals surface area contributed by atoms with Crippen LogP contribution < -0.4 is 15.0 Å². The Hall–Kier alpha value is -1.71. The lowest BCUT2D eigenvalue weighted by Crippen LogP contribution is -2.26. The van der Waals surface area contributed by atoms with E-state index in [1.165, 1.54) is 16.8 Å². The zero-order valence-electron chi connectivity index (χ0n) is 14.3. The number of benzene rings is 1. The van der Waals surface area contributed by atoms with Gasteiger partial charge in [0.25, 0.3) is 0 Å². The molecule has 0 aliphatic carbocycles. The van der Waals surface area contributed by atoms with E-state index >= 15 is 0 Å². The summed E-state index contributed by atoms with van der Waals surface area (Å²) in [7, 11) is 4.11. The molecule has 4 heteroatoms. The topological polar surface area (TPSA) is 41.6 Å². The molecule has 1 rings (SSSR count). The largest absolute Gasteiger partial charge is 0.412 e. The Morgan fingerprint density at radius 3 is 1.95 bits per heavy atom. The van der Waals surface area contributed by atoms with Gasteiger partial charge in [0.2, 0.25) is 0 Å². The van der Waals surface area contributed by atoms with E-state index in [-0.39, 0.29) is 0 Å². The molecular weight excluding hydrogens is 264 g/mol. The number of nitrogens with one attached hydrogen (secondary N) is 1. The van der Waals surface area contributed by atoms with Gasteiger partial charge in [-0.25, -0.2) is 4.79 Å². The van der Waals surface area contributed by atoms with Gasteiger partial charge in [-0.15, -0.1) is 0 Å². The summed E-state index contributed by atoms with van der Waals surface area (Å²) in [5.41, 5.74) is 3.62. The van der Waals surface area contributed by atoms with Crippen molar-refractivity contribution in [2.75, 3.05) is 25.5 Å². The van der Waals surface area contributed by atoms with E-state index in [0.717, 1.165) is 0 Å². The van der Waals surface area contributed by atoms with E-state index in [2.05, 4.69) is 52.0 Å². The summed E-state index contributed by atoms with van der Waals surface area (Å²) in [6.45, 7) is 11.0. The third-order valence-corrected chi connectivity index (χ3v) is 3.37. The van der Waals surface area contributed by atoms with Crippen LogP contribution in [0.2, 0.25) is 0 Å². The molecular formula is C17H28N2O2. The summed E-state index contributed by atoms with van der Waals surface area (Å²) < 4.78 is 5.40. The van der Waals surface area contributed by atoms with E-state index in [9.17, 15) is 4.79 Å². The molecule has 0 fully saturated rings. The summed E-state index contributed by atoms with van der Waals surface area (Å²) in [6, 6.07) is 3.95. The summed E-state index contributed by atoms with van der Waals surface area (Å²) in [5, 5.41) is 2.66. The van der Waals surface area contributed by atoms with Crippen molar-refractivity contribution in [1.82, 2.24) is 5.32 Å². The highest BCUT2D eigenvalue weighted by Crippen LogP contribution is 2.37. The maximum atomic E-state index is 11.6. The molecule has 4 nitrogen and oxygen atoms in total. The predicted molar refractivity (Wildman–Crippen MR) is 88.6 cm³/mol. The Bertz CT molecular complexity index is 465. The van der Waals surface area contributed by atoms with Gasteiger partial charge in [0.15, 0.2) is 0 Å². The Morgan fingerprint density at radius 2 is 1.62 bits per heavy atom. The Kier molecular flexibility index (Phi) is 6.06. The molecule has 0 aliphatic heterocycles. The van der Waals surface area contributed by atoms with Crippen LogP contribution in [0.3, 0.4) is 0 Å². The summed E-state index contributed by atoms with van der Waals surface area (Å²) in [5.74, 6) is 1.33. The second kappa shape index (κ2) is 7.34. The average molecular weight is 292 g/mol. The van der Waals surface area contributed by atoms with Gasteiger partial charge < -0.3 is 15.0 Å². The molecule has 0 bridgehead atoms. The predicted octanol–water partition coefficient (Wildman–Crippen LogP) is 4.11. The second-order valence-electron chi connectivity index (χ2n) is 6.07. The van der Waals surface area contributed by atoms with Gasteiger partial charge in [0, 0.05) is 26.3 Å². The standard InChI is InChI=1S/C17H28N2O2/c1-8-18-17(20)21-13-9-14(11(2)3)16(19(6)7)15(10-13)12(4)5/h9-12H,8H2,1-7H3,(H,18,20). The number of carbonyl (C=O) groups is 1. The van der Waals surface area contributed by atoms with Gasteiger partial charge in [-0.05, 0) is 42.0 Å². The van der Waals surface area contributed by atoms with E-state index in [4.69, 9.17) is 4.74 Å². The summed E-state index contributed by atoms with van der Waals surface area (Å²) >= 11 is 0. The lowest BCUT2D eigenvalue weighted by molar-refractivity contribution is 0.201. The third kappa shape index (κ3) is 4.38. The first-order valence-corrected chi connectivity index (χ1v) is 7.58. The van der Waals surface area contributed by atoms with E-state index in [1.807, 2.05) is 19.1 Å². The smallest absolute Gasteiger partial charge is 0.410 e. The maximum Gasteiger partial charge on any atom is 0.412 e. The first kappa shape index (κ1) is 17.3. The molecule has 0 saturated carbocycles. The highest BCUT2D eigenvalue weighted by atomic mass is 16.6. The SMILES string of the molecule is CCNC(=O)Oc1cc(C(C)C)c(N(C)C)c(C(C)C)c1. The van der Waals surface area contributed by atoms with E-state index in [0.29, 0.717) is 24.1 Å². The van der Waals surface area contributed by atoms with Crippen LogP contribution in [0.25, 0.3) is 0 Å². The molecule has 118 valence electrons. The molecule has 0 spiro atoms. The highest BCUT2D eigenvalue weighted by Gasteiger charge is 2.18. The van der Waals surface area contributed by atoms with Crippen molar-refractivity contribution in [3.8, 4) is 5.75 Å². The molecule has 0 aromatic heterocycles. The maximum absolute atomic E-state index is 11.6. The second-order valence-corrected chi connectivity index (χ2v) is 6.07. The normalized spacial score (nSPS) is 10.9. The van der Waals surface area contributed by atoms with Crippen molar-refractivity contribution in [2.24, 2.45) is 0 Å². The molecule has 21 heavy (non-hydrogen) atoms. The van der Waals surface area contributed by atoms with Crippen molar-refractivity contribution in [1.29, 1.82) is 0 Å². The number of hydrogen-bond acceptors (Lipinski definition) is 3. The first-order chi connectivity index (χ1) is 9.77. The summed E-state index contributed by atoms with van der Waals surface area (Å²) in [4.78, 5) is 13.8. The number of nitrogens with zero attached hydrogens (tertiary/aromatic N) is 1. The van der Waals surface area contributed by atoms with Gasteiger partial charge in [-0.2, -0.15) is 0 Å². The van der Waals surface area contributed by atoms with Crippen LogP contribution in [-0.4, -0.2) is 26.7 Å².